The van der Waals surface area contributed by atoms with E-state index in [0.29, 0.717) is 12.4 Å². The van der Waals surface area contributed by atoms with Crippen LogP contribution in [0.1, 0.15) is 17.1 Å². The molecule has 0 atom stereocenters. The summed E-state index contributed by atoms with van der Waals surface area (Å²) in [6, 6.07) is 3.76. The van der Waals surface area contributed by atoms with E-state index in [1.54, 1.807) is 12.5 Å². The molecule has 6 heteroatoms. The van der Waals surface area contributed by atoms with Crippen LogP contribution in [-0.2, 0) is 12.4 Å². The van der Waals surface area contributed by atoms with Crippen molar-refractivity contribution in [1.29, 1.82) is 0 Å². The van der Waals surface area contributed by atoms with E-state index in [1.165, 1.54) is 0 Å². The van der Waals surface area contributed by atoms with Gasteiger partial charge < -0.3 is 9.09 Å². The molecule has 92 valence electrons. The number of nitrogens with zero attached hydrogens (tertiary/aromatic N) is 4. The highest BCUT2D eigenvalue weighted by molar-refractivity contribution is 6.16. The monoisotopic (exact) mass is 262 g/mol. The molecule has 0 aliphatic carbocycles. The first kappa shape index (κ1) is 11.2. The maximum absolute atomic E-state index is 5.94. The molecule has 3 rings (SSSR count). The molecule has 18 heavy (non-hydrogen) atoms. The summed E-state index contributed by atoms with van der Waals surface area (Å²) < 4.78 is 6.80. The number of aromatic nitrogens is 4. The molecule has 0 spiro atoms. The predicted molar refractivity (Wildman–Crippen MR) is 67.4 cm³/mol. The Morgan fingerprint density at radius 2 is 2.28 bits per heavy atom. The predicted octanol–water partition coefficient (Wildman–Crippen LogP) is 2.51. The van der Waals surface area contributed by atoms with Crippen LogP contribution in [0.15, 0.2) is 29.1 Å². The fraction of sp³-hybridized carbons (Fsp3) is 0.250. The number of pyridine rings is 1. The van der Waals surface area contributed by atoms with Crippen LogP contribution >= 0.6 is 11.6 Å². The Morgan fingerprint density at radius 3 is 3.00 bits per heavy atom. The second-order valence-corrected chi connectivity index (χ2v) is 4.31. The summed E-state index contributed by atoms with van der Waals surface area (Å²) in [7, 11) is 0. The lowest BCUT2D eigenvalue weighted by atomic mass is 10.3. The molecule has 0 unspecified atom stereocenters. The lowest BCUT2D eigenvalue weighted by Gasteiger charge is -2.03. The van der Waals surface area contributed by atoms with E-state index in [9.17, 15) is 0 Å². The van der Waals surface area contributed by atoms with Crippen molar-refractivity contribution in [2.75, 3.05) is 0 Å². The number of alkyl halides is 1. The molecule has 3 heterocycles. The molecule has 0 fully saturated rings. The van der Waals surface area contributed by atoms with Crippen LogP contribution in [-0.4, -0.2) is 19.7 Å². The van der Waals surface area contributed by atoms with Gasteiger partial charge in [-0.05, 0) is 18.6 Å². The molecule has 0 aliphatic heterocycles. The van der Waals surface area contributed by atoms with E-state index in [4.69, 9.17) is 16.1 Å². The van der Waals surface area contributed by atoms with Gasteiger partial charge in [0, 0.05) is 12.3 Å². The molecule has 0 N–H and O–H groups in total. The van der Waals surface area contributed by atoms with Crippen LogP contribution in [0.5, 0.6) is 0 Å². The average molecular weight is 263 g/mol. The Bertz CT molecular complexity index is 675. The SMILES string of the molecule is Cc1ccnc2c1nc(CCl)n2Cc1ccon1. The van der Waals surface area contributed by atoms with Crippen LogP contribution in [0.4, 0.5) is 0 Å². The van der Waals surface area contributed by atoms with Crippen molar-refractivity contribution in [1.82, 2.24) is 19.7 Å². The molecule has 0 aromatic carbocycles. The Kier molecular flexibility index (Phi) is 2.76. The molecular weight excluding hydrogens is 252 g/mol. The number of fused-ring (bicyclic) bond motifs is 1. The summed E-state index contributed by atoms with van der Waals surface area (Å²) in [5.74, 6) is 1.13. The van der Waals surface area contributed by atoms with Crippen molar-refractivity contribution in [2.45, 2.75) is 19.3 Å². The number of halogens is 1. The fourth-order valence-electron chi connectivity index (χ4n) is 1.93. The van der Waals surface area contributed by atoms with Gasteiger partial charge in [-0.3, -0.25) is 0 Å². The molecule has 0 saturated heterocycles. The molecule has 3 aromatic rings. The van der Waals surface area contributed by atoms with Crippen molar-refractivity contribution in [2.24, 2.45) is 0 Å². The van der Waals surface area contributed by atoms with Gasteiger partial charge in [0.1, 0.15) is 23.3 Å². The first-order chi connectivity index (χ1) is 8.79. The van der Waals surface area contributed by atoms with Crippen LogP contribution in [0.25, 0.3) is 11.2 Å². The standard InChI is InChI=1S/C12H11ClN4O/c1-8-2-4-14-12-11(8)15-10(6-13)17(12)7-9-3-5-18-16-9/h2-5H,6-7H2,1H3. The fourth-order valence-corrected chi connectivity index (χ4v) is 2.14. The maximum Gasteiger partial charge on any atom is 0.160 e. The zero-order valence-corrected chi connectivity index (χ0v) is 10.6. The minimum Gasteiger partial charge on any atom is -0.364 e. The van der Waals surface area contributed by atoms with Crippen LogP contribution in [0.3, 0.4) is 0 Å². The summed E-state index contributed by atoms with van der Waals surface area (Å²) >= 11 is 5.94. The normalized spacial score (nSPS) is 11.2. The minimum absolute atomic E-state index is 0.341. The van der Waals surface area contributed by atoms with Gasteiger partial charge in [0.15, 0.2) is 5.65 Å². The van der Waals surface area contributed by atoms with Gasteiger partial charge >= 0.3 is 0 Å². The van der Waals surface area contributed by atoms with Crippen LogP contribution in [0, 0.1) is 6.92 Å². The van der Waals surface area contributed by atoms with Crippen molar-refractivity contribution >= 4 is 22.8 Å². The summed E-state index contributed by atoms with van der Waals surface area (Å²) in [4.78, 5) is 8.90. The van der Waals surface area contributed by atoms with E-state index in [0.717, 1.165) is 28.2 Å². The van der Waals surface area contributed by atoms with Crippen molar-refractivity contribution in [3.63, 3.8) is 0 Å². The Morgan fingerprint density at radius 1 is 1.39 bits per heavy atom. The molecular formula is C12H11ClN4O. The number of hydrogen-bond donors (Lipinski definition) is 0. The van der Waals surface area contributed by atoms with Crippen molar-refractivity contribution < 1.29 is 4.52 Å². The molecule has 0 aliphatic rings. The molecule has 0 bridgehead atoms. The minimum atomic E-state index is 0.341. The number of hydrogen-bond acceptors (Lipinski definition) is 4. The smallest absolute Gasteiger partial charge is 0.160 e. The third kappa shape index (κ3) is 1.76. The highest BCUT2D eigenvalue weighted by Crippen LogP contribution is 2.19. The molecule has 0 radical (unpaired) electrons. The summed E-state index contributed by atoms with van der Waals surface area (Å²) in [6.45, 7) is 2.57. The van der Waals surface area contributed by atoms with Gasteiger partial charge in [-0.25, -0.2) is 9.97 Å². The molecule has 0 amide bonds. The van der Waals surface area contributed by atoms with E-state index < -0.39 is 0 Å². The van der Waals surface area contributed by atoms with Gasteiger partial charge in [-0.15, -0.1) is 11.6 Å². The largest absolute Gasteiger partial charge is 0.364 e. The average Bonchev–Trinajstić information content (AvgIpc) is 2.99. The van der Waals surface area contributed by atoms with Gasteiger partial charge in [-0.1, -0.05) is 5.16 Å². The third-order valence-corrected chi connectivity index (χ3v) is 3.08. The van der Waals surface area contributed by atoms with Crippen molar-refractivity contribution in [3.05, 3.63) is 41.7 Å². The Hall–Kier alpha value is -1.88. The summed E-state index contributed by atoms with van der Waals surface area (Å²) in [5.41, 5.74) is 3.62. The van der Waals surface area contributed by atoms with Gasteiger partial charge in [-0.2, -0.15) is 0 Å². The maximum atomic E-state index is 5.94. The lowest BCUT2D eigenvalue weighted by Crippen LogP contribution is -2.04. The van der Waals surface area contributed by atoms with E-state index >= 15 is 0 Å². The van der Waals surface area contributed by atoms with Crippen LogP contribution < -0.4 is 0 Å². The van der Waals surface area contributed by atoms with Crippen LogP contribution in [0.2, 0.25) is 0 Å². The first-order valence-electron chi connectivity index (χ1n) is 5.55. The molecule has 5 nitrogen and oxygen atoms in total. The quantitative estimate of drug-likeness (QED) is 0.681. The first-order valence-corrected chi connectivity index (χ1v) is 6.09. The zero-order chi connectivity index (χ0) is 12.5. The Balaban J connectivity index is 2.17. The Labute approximate surface area is 108 Å². The highest BCUT2D eigenvalue weighted by Gasteiger charge is 2.13. The van der Waals surface area contributed by atoms with E-state index in [-0.39, 0.29) is 0 Å². The van der Waals surface area contributed by atoms with E-state index in [1.807, 2.05) is 23.6 Å². The van der Waals surface area contributed by atoms with Gasteiger partial charge in [0.05, 0.1) is 12.4 Å². The van der Waals surface area contributed by atoms with E-state index in [2.05, 4.69) is 15.1 Å². The van der Waals surface area contributed by atoms with Gasteiger partial charge in [0.25, 0.3) is 0 Å². The number of aryl methyl sites for hydroxylation is 1. The van der Waals surface area contributed by atoms with Crippen molar-refractivity contribution in [3.8, 4) is 0 Å². The second kappa shape index (κ2) is 4.42. The highest BCUT2D eigenvalue weighted by atomic mass is 35.5. The summed E-state index contributed by atoms with van der Waals surface area (Å²) in [6.07, 6.45) is 3.32. The summed E-state index contributed by atoms with van der Waals surface area (Å²) in [5, 5.41) is 3.90. The second-order valence-electron chi connectivity index (χ2n) is 4.04. The lowest BCUT2D eigenvalue weighted by molar-refractivity contribution is 0.409. The number of rotatable bonds is 3. The van der Waals surface area contributed by atoms with Gasteiger partial charge in [0.2, 0.25) is 0 Å². The molecule has 0 saturated carbocycles. The topological polar surface area (TPSA) is 56.7 Å². The zero-order valence-electron chi connectivity index (χ0n) is 9.80. The molecule has 3 aromatic heterocycles. The third-order valence-electron chi connectivity index (χ3n) is 2.85. The number of imidazole rings is 1.